The van der Waals surface area contributed by atoms with E-state index in [0.29, 0.717) is 28.9 Å². The number of nitrogens with one attached hydrogen (secondary N) is 2. The van der Waals surface area contributed by atoms with Crippen LogP contribution in [0.4, 0.5) is 5.13 Å². The molecule has 106 valence electrons. The van der Waals surface area contributed by atoms with E-state index in [2.05, 4.69) is 15.6 Å². The third-order valence-corrected chi connectivity index (χ3v) is 3.35. The Hall–Kier alpha value is -1.67. The highest BCUT2D eigenvalue weighted by Crippen LogP contribution is 2.19. The van der Waals surface area contributed by atoms with Crippen LogP contribution < -0.4 is 16.4 Å². The lowest BCUT2D eigenvalue weighted by Crippen LogP contribution is -2.45. The minimum absolute atomic E-state index is 0.263. The number of carbonyl (C=O) groups is 2. The molecule has 1 unspecified atom stereocenters. The van der Waals surface area contributed by atoms with Crippen molar-refractivity contribution in [3.8, 4) is 0 Å². The Morgan fingerprint density at radius 1 is 1.53 bits per heavy atom. The topological polar surface area (TPSA) is 106 Å². The summed E-state index contributed by atoms with van der Waals surface area (Å²) >= 11 is 1.10. The van der Waals surface area contributed by atoms with Crippen LogP contribution >= 0.6 is 11.3 Å². The predicted molar refractivity (Wildman–Crippen MR) is 73.1 cm³/mol. The van der Waals surface area contributed by atoms with Crippen molar-refractivity contribution in [3.05, 3.63) is 10.6 Å². The second kappa shape index (κ2) is 7.05. The summed E-state index contributed by atoms with van der Waals surface area (Å²) < 4.78 is 4.82. The zero-order valence-corrected chi connectivity index (χ0v) is 12.0. The van der Waals surface area contributed by atoms with Crippen LogP contribution in [-0.4, -0.2) is 43.1 Å². The van der Waals surface area contributed by atoms with Gasteiger partial charge in [0.15, 0.2) is 5.13 Å². The number of nitrogens with two attached hydrogens (primary N) is 1. The van der Waals surface area contributed by atoms with E-state index in [9.17, 15) is 9.59 Å². The molecule has 1 aromatic rings. The molecule has 0 aliphatic rings. The minimum atomic E-state index is -0.632. The van der Waals surface area contributed by atoms with Crippen LogP contribution in [0.5, 0.6) is 0 Å². The molecule has 1 heterocycles. The van der Waals surface area contributed by atoms with Gasteiger partial charge in [0, 0.05) is 13.7 Å². The van der Waals surface area contributed by atoms with E-state index in [1.165, 1.54) is 0 Å². The Kier molecular flexibility index (Phi) is 5.71. The fourth-order valence-corrected chi connectivity index (χ4v) is 2.12. The molecule has 1 atom stereocenters. The number of amides is 2. The van der Waals surface area contributed by atoms with Gasteiger partial charge in [-0.1, -0.05) is 11.3 Å². The summed E-state index contributed by atoms with van der Waals surface area (Å²) in [4.78, 5) is 28.0. The van der Waals surface area contributed by atoms with E-state index in [-0.39, 0.29) is 11.8 Å². The maximum Gasteiger partial charge on any atom is 0.263 e. The molecule has 0 bridgehead atoms. The van der Waals surface area contributed by atoms with Crippen LogP contribution in [0.15, 0.2) is 0 Å². The summed E-state index contributed by atoms with van der Waals surface area (Å²) in [5, 5.41) is 5.58. The van der Waals surface area contributed by atoms with Gasteiger partial charge < -0.3 is 21.1 Å². The maximum absolute atomic E-state index is 11.9. The van der Waals surface area contributed by atoms with Crippen molar-refractivity contribution >= 4 is 28.3 Å². The number of nitrogen functional groups attached to an aromatic ring is 1. The van der Waals surface area contributed by atoms with Crippen molar-refractivity contribution in [3.63, 3.8) is 0 Å². The lowest BCUT2D eigenvalue weighted by atomic mass is 10.3. The molecule has 0 aliphatic heterocycles. The van der Waals surface area contributed by atoms with Crippen LogP contribution in [0.2, 0.25) is 0 Å². The van der Waals surface area contributed by atoms with Crippen LogP contribution in [-0.2, 0) is 9.53 Å². The predicted octanol–water partition coefficient (Wildman–Crippen LogP) is -0.0854. The SMILES string of the molecule is COCCNC(=O)C(C)NC(=O)c1sc(N)nc1C. The molecule has 0 spiro atoms. The number of ether oxygens (including phenoxy) is 1. The van der Waals surface area contributed by atoms with Gasteiger partial charge in [0.25, 0.3) is 5.91 Å². The van der Waals surface area contributed by atoms with Crippen molar-refractivity contribution in [2.75, 3.05) is 26.0 Å². The molecule has 0 saturated carbocycles. The smallest absolute Gasteiger partial charge is 0.263 e. The van der Waals surface area contributed by atoms with Gasteiger partial charge in [-0.15, -0.1) is 0 Å². The summed E-state index contributed by atoms with van der Waals surface area (Å²) in [5.41, 5.74) is 6.09. The normalized spacial score (nSPS) is 11.9. The highest BCUT2D eigenvalue weighted by Gasteiger charge is 2.19. The molecule has 1 aromatic heterocycles. The largest absolute Gasteiger partial charge is 0.383 e. The third kappa shape index (κ3) is 4.49. The Morgan fingerprint density at radius 3 is 2.74 bits per heavy atom. The molecular weight excluding hydrogens is 268 g/mol. The van der Waals surface area contributed by atoms with E-state index in [1.54, 1.807) is 21.0 Å². The van der Waals surface area contributed by atoms with Crippen molar-refractivity contribution in [2.45, 2.75) is 19.9 Å². The quantitative estimate of drug-likeness (QED) is 0.634. The van der Waals surface area contributed by atoms with Crippen molar-refractivity contribution < 1.29 is 14.3 Å². The Balaban J connectivity index is 2.52. The van der Waals surface area contributed by atoms with Gasteiger partial charge in [-0.2, -0.15) is 0 Å². The molecule has 0 saturated heterocycles. The lowest BCUT2D eigenvalue weighted by molar-refractivity contribution is -0.122. The third-order valence-electron chi connectivity index (χ3n) is 2.37. The van der Waals surface area contributed by atoms with Gasteiger partial charge in [-0.25, -0.2) is 4.98 Å². The molecule has 1 rings (SSSR count). The van der Waals surface area contributed by atoms with Gasteiger partial charge in [0.2, 0.25) is 5.91 Å². The van der Waals surface area contributed by atoms with E-state index in [1.807, 2.05) is 0 Å². The molecule has 19 heavy (non-hydrogen) atoms. The molecule has 0 radical (unpaired) electrons. The van der Waals surface area contributed by atoms with E-state index in [4.69, 9.17) is 10.5 Å². The molecule has 4 N–H and O–H groups in total. The maximum atomic E-state index is 11.9. The monoisotopic (exact) mass is 286 g/mol. The number of rotatable bonds is 6. The van der Waals surface area contributed by atoms with Crippen LogP contribution in [0.3, 0.4) is 0 Å². The number of thiazole rings is 1. The van der Waals surface area contributed by atoms with Gasteiger partial charge in [0.1, 0.15) is 10.9 Å². The highest BCUT2D eigenvalue weighted by molar-refractivity contribution is 7.17. The number of aryl methyl sites for hydroxylation is 1. The number of methoxy groups -OCH3 is 1. The van der Waals surface area contributed by atoms with Crippen LogP contribution in [0.1, 0.15) is 22.3 Å². The van der Waals surface area contributed by atoms with E-state index in [0.717, 1.165) is 11.3 Å². The van der Waals surface area contributed by atoms with Gasteiger partial charge in [-0.05, 0) is 13.8 Å². The molecular formula is C11H18N4O3S. The average Bonchev–Trinajstić information content (AvgIpc) is 2.68. The van der Waals surface area contributed by atoms with Crippen molar-refractivity contribution in [1.29, 1.82) is 0 Å². The zero-order chi connectivity index (χ0) is 14.4. The summed E-state index contributed by atoms with van der Waals surface area (Å²) in [7, 11) is 1.55. The van der Waals surface area contributed by atoms with Crippen molar-refractivity contribution in [1.82, 2.24) is 15.6 Å². The summed E-state index contributed by atoms with van der Waals surface area (Å²) in [6, 6.07) is -0.632. The summed E-state index contributed by atoms with van der Waals surface area (Å²) in [5.74, 6) is -0.610. The standard InChI is InChI=1S/C11H18N4O3S/c1-6-8(19-11(12)15-6)10(17)14-7(2)9(16)13-4-5-18-3/h7H,4-5H2,1-3H3,(H2,12,15)(H,13,16)(H,14,17). The first-order chi connectivity index (χ1) is 8.95. The second-order valence-electron chi connectivity index (χ2n) is 3.95. The number of anilines is 1. The molecule has 7 nitrogen and oxygen atoms in total. The summed E-state index contributed by atoms with van der Waals surface area (Å²) in [6.07, 6.45) is 0. The minimum Gasteiger partial charge on any atom is -0.383 e. The van der Waals surface area contributed by atoms with Crippen LogP contribution in [0, 0.1) is 6.92 Å². The average molecular weight is 286 g/mol. The van der Waals surface area contributed by atoms with Gasteiger partial charge in [-0.3, -0.25) is 9.59 Å². The Labute approximate surface area is 115 Å². The molecule has 0 aliphatic carbocycles. The highest BCUT2D eigenvalue weighted by atomic mass is 32.1. The first-order valence-corrected chi connectivity index (χ1v) is 6.57. The second-order valence-corrected chi connectivity index (χ2v) is 4.98. The lowest BCUT2D eigenvalue weighted by Gasteiger charge is -2.13. The zero-order valence-electron chi connectivity index (χ0n) is 11.1. The fraction of sp³-hybridized carbons (Fsp3) is 0.545. The first kappa shape index (κ1) is 15.4. The summed E-state index contributed by atoms with van der Waals surface area (Å²) in [6.45, 7) is 4.14. The van der Waals surface area contributed by atoms with Crippen LogP contribution in [0.25, 0.3) is 0 Å². The first-order valence-electron chi connectivity index (χ1n) is 5.76. The number of hydrogen-bond acceptors (Lipinski definition) is 6. The molecule has 2 amide bonds. The number of hydrogen-bond donors (Lipinski definition) is 3. The van der Waals surface area contributed by atoms with Gasteiger partial charge in [0.05, 0.1) is 12.3 Å². The van der Waals surface area contributed by atoms with Crippen molar-refractivity contribution in [2.24, 2.45) is 0 Å². The van der Waals surface area contributed by atoms with E-state index < -0.39 is 6.04 Å². The number of aromatic nitrogens is 1. The number of nitrogens with zero attached hydrogens (tertiary/aromatic N) is 1. The molecule has 0 aromatic carbocycles. The molecule has 8 heteroatoms. The number of carbonyl (C=O) groups excluding carboxylic acids is 2. The Bertz CT molecular complexity index is 461. The molecule has 0 fully saturated rings. The van der Waals surface area contributed by atoms with Gasteiger partial charge >= 0.3 is 0 Å². The fourth-order valence-electron chi connectivity index (χ4n) is 1.39. The Morgan fingerprint density at radius 2 is 2.21 bits per heavy atom. The van der Waals surface area contributed by atoms with E-state index >= 15 is 0 Å².